The van der Waals surface area contributed by atoms with Crippen molar-refractivity contribution < 1.29 is 14.3 Å². The Labute approximate surface area is 78.7 Å². The molecule has 3 heteroatoms. The predicted octanol–water partition coefficient (Wildman–Crippen LogP) is 1.53. The first-order valence-corrected chi connectivity index (χ1v) is 4.51. The second-order valence-electron chi connectivity index (χ2n) is 3.24. The minimum Gasteiger partial charge on any atom is -0.349 e. The van der Waals surface area contributed by atoms with E-state index >= 15 is 0 Å². The number of rotatable bonds is 3. The van der Waals surface area contributed by atoms with Crippen LogP contribution in [-0.4, -0.2) is 25.8 Å². The number of carbonyl (C=O) groups is 1. The molecule has 0 radical (unpaired) electrons. The van der Waals surface area contributed by atoms with Crippen molar-refractivity contribution in [2.75, 3.05) is 14.2 Å². The average molecular weight is 184 g/mol. The zero-order valence-electron chi connectivity index (χ0n) is 8.37. The van der Waals surface area contributed by atoms with Gasteiger partial charge in [0.25, 0.3) is 0 Å². The van der Waals surface area contributed by atoms with Crippen molar-refractivity contribution in [3.8, 4) is 0 Å². The summed E-state index contributed by atoms with van der Waals surface area (Å²) in [5, 5.41) is 0. The molecule has 0 bridgehead atoms. The second kappa shape index (κ2) is 4.03. The molecule has 13 heavy (non-hydrogen) atoms. The molecule has 0 aromatic rings. The van der Waals surface area contributed by atoms with Gasteiger partial charge in [-0.1, -0.05) is 6.92 Å². The van der Waals surface area contributed by atoms with Gasteiger partial charge in [-0.2, -0.15) is 0 Å². The van der Waals surface area contributed by atoms with Crippen LogP contribution in [0.15, 0.2) is 12.2 Å². The van der Waals surface area contributed by atoms with E-state index in [4.69, 9.17) is 9.47 Å². The van der Waals surface area contributed by atoms with E-state index in [-0.39, 0.29) is 11.7 Å². The van der Waals surface area contributed by atoms with Crippen LogP contribution in [0.25, 0.3) is 0 Å². The molecular formula is C10H16O3. The number of methoxy groups -OCH3 is 2. The Hall–Kier alpha value is -0.670. The molecule has 1 aliphatic carbocycles. The summed E-state index contributed by atoms with van der Waals surface area (Å²) in [7, 11) is 3.21. The van der Waals surface area contributed by atoms with E-state index in [0.29, 0.717) is 6.42 Å². The Bertz CT molecular complexity index is 216. The first-order chi connectivity index (χ1) is 6.18. The zero-order valence-corrected chi connectivity index (χ0v) is 8.37. The molecule has 0 spiro atoms. The molecule has 1 atom stereocenters. The highest BCUT2D eigenvalue weighted by Gasteiger charge is 2.39. The largest absolute Gasteiger partial charge is 0.349 e. The Kier molecular flexibility index (Phi) is 3.22. The van der Waals surface area contributed by atoms with Crippen LogP contribution in [-0.2, 0) is 14.3 Å². The second-order valence-corrected chi connectivity index (χ2v) is 3.24. The summed E-state index contributed by atoms with van der Waals surface area (Å²) >= 11 is 0. The van der Waals surface area contributed by atoms with Crippen molar-refractivity contribution in [3.05, 3.63) is 12.2 Å². The maximum atomic E-state index is 11.2. The van der Waals surface area contributed by atoms with Gasteiger partial charge < -0.3 is 9.47 Å². The smallest absolute Gasteiger partial charge is 0.190 e. The fourth-order valence-corrected chi connectivity index (χ4v) is 1.78. The number of hydrogen-bond donors (Lipinski definition) is 0. The van der Waals surface area contributed by atoms with Gasteiger partial charge in [0.15, 0.2) is 11.6 Å². The third kappa shape index (κ3) is 1.81. The topological polar surface area (TPSA) is 35.5 Å². The first-order valence-electron chi connectivity index (χ1n) is 4.51. The molecule has 0 amide bonds. The lowest BCUT2D eigenvalue weighted by atomic mass is 9.85. The number of carbonyl (C=O) groups excluding carboxylic acids is 1. The van der Waals surface area contributed by atoms with Gasteiger partial charge in [-0.25, -0.2) is 0 Å². The lowest BCUT2D eigenvalue weighted by molar-refractivity contribution is -0.208. The van der Waals surface area contributed by atoms with Gasteiger partial charge in [0.05, 0.1) is 0 Å². The Morgan fingerprint density at radius 1 is 1.54 bits per heavy atom. The first kappa shape index (κ1) is 10.4. The van der Waals surface area contributed by atoms with Crippen LogP contribution in [0.1, 0.15) is 19.8 Å². The Balaban J connectivity index is 2.91. The summed E-state index contributed by atoms with van der Waals surface area (Å²) in [6.45, 7) is 2.03. The van der Waals surface area contributed by atoms with Gasteiger partial charge in [-0.05, 0) is 18.6 Å². The molecule has 0 unspecified atom stereocenters. The molecule has 0 heterocycles. The lowest BCUT2D eigenvalue weighted by Crippen LogP contribution is -2.43. The van der Waals surface area contributed by atoms with Crippen LogP contribution in [0, 0.1) is 5.92 Å². The Morgan fingerprint density at radius 2 is 2.15 bits per heavy atom. The molecule has 1 aliphatic rings. The van der Waals surface area contributed by atoms with Crippen LogP contribution in [0.4, 0.5) is 0 Å². The predicted molar refractivity (Wildman–Crippen MR) is 49.3 cm³/mol. The Morgan fingerprint density at radius 3 is 2.62 bits per heavy atom. The summed E-state index contributed by atoms with van der Waals surface area (Å²) in [4.78, 5) is 11.2. The van der Waals surface area contributed by atoms with E-state index in [9.17, 15) is 4.79 Å². The molecule has 0 aromatic carbocycles. The molecule has 74 valence electrons. The summed E-state index contributed by atoms with van der Waals surface area (Å²) < 4.78 is 10.6. The third-order valence-electron chi connectivity index (χ3n) is 2.65. The minimum atomic E-state index is -0.692. The maximum Gasteiger partial charge on any atom is 0.190 e. The van der Waals surface area contributed by atoms with Crippen molar-refractivity contribution in [2.45, 2.75) is 25.6 Å². The number of ether oxygens (including phenoxy) is 2. The van der Waals surface area contributed by atoms with Crippen molar-refractivity contribution in [1.29, 1.82) is 0 Å². The molecule has 0 saturated carbocycles. The van der Waals surface area contributed by atoms with Crippen LogP contribution in [0.5, 0.6) is 0 Å². The summed E-state index contributed by atoms with van der Waals surface area (Å²) in [5.41, 5.74) is 0. The van der Waals surface area contributed by atoms with E-state index in [1.165, 1.54) is 0 Å². The van der Waals surface area contributed by atoms with Crippen LogP contribution < -0.4 is 0 Å². The van der Waals surface area contributed by atoms with Gasteiger partial charge >= 0.3 is 0 Å². The van der Waals surface area contributed by atoms with Gasteiger partial charge in [-0.15, -0.1) is 0 Å². The normalized spacial score (nSPS) is 26.4. The van der Waals surface area contributed by atoms with E-state index in [1.807, 2.05) is 6.92 Å². The van der Waals surface area contributed by atoms with Gasteiger partial charge in [-0.3, -0.25) is 4.79 Å². The van der Waals surface area contributed by atoms with Crippen molar-refractivity contribution >= 4 is 5.78 Å². The van der Waals surface area contributed by atoms with E-state index in [0.717, 1.165) is 6.42 Å². The molecule has 3 nitrogen and oxygen atoms in total. The fraction of sp³-hybridized carbons (Fsp3) is 0.700. The molecule has 0 fully saturated rings. The standard InChI is InChI=1S/C10H16O3/c1-4-8-7-9(11)5-6-10(8,12-2)13-3/h5-6,8H,4,7H2,1-3H3/t8-/m1/s1. The van der Waals surface area contributed by atoms with Gasteiger partial charge in [0, 0.05) is 26.6 Å². The minimum absolute atomic E-state index is 0.125. The lowest BCUT2D eigenvalue weighted by Gasteiger charge is -2.37. The highest BCUT2D eigenvalue weighted by atomic mass is 16.7. The SMILES string of the molecule is CC[C@@H]1CC(=O)C=CC1(OC)OC. The van der Waals surface area contributed by atoms with Gasteiger partial charge in [0.2, 0.25) is 0 Å². The summed E-state index contributed by atoms with van der Waals surface area (Å²) in [6.07, 6.45) is 4.64. The monoisotopic (exact) mass is 184 g/mol. The highest BCUT2D eigenvalue weighted by molar-refractivity contribution is 5.91. The van der Waals surface area contributed by atoms with E-state index in [1.54, 1.807) is 26.4 Å². The van der Waals surface area contributed by atoms with Crippen LogP contribution in [0.2, 0.25) is 0 Å². The molecule has 1 rings (SSSR count). The molecule has 0 aliphatic heterocycles. The molecule has 0 aromatic heterocycles. The van der Waals surface area contributed by atoms with Crippen LogP contribution >= 0.6 is 0 Å². The molecule has 0 saturated heterocycles. The van der Waals surface area contributed by atoms with E-state index in [2.05, 4.69) is 0 Å². The third-order valence-corrected chi connectivity index (χ3v) is 2.65. The maximum absolute atomic E-state index is 11.2. The average Bonchev–Trinajstić information content (AvgIpc) is 2.18. The van der Waals surface area contributed by atoms with Crippen molar-refractivity contribution in [2.24, 2.45) is 5.92 Å². The number of ketones is 1. The highest BCUT2D eigenvalue weighted by Crippen LogP contribution is 2.33. The summed E-state index contributed by atoms with van der Waals surface area (Å²) in [6, 6.07) is 0. The van der Waals surface area contributed by atoms with Crippen LogP contribution in [0.3, 0.4) is 0 Å². The summed E-state index contributed by atoms with van der Waals surface area (Å²) in [5.74, 6) is -0.417. The van der Waals surface area contributed by atoms with Crippen molar-refractivity contribution in [3.63, 3.8) is 0 Å². The number of allylic oxidation sites excluding steroid dienone is 1. The quantitative estimate of drug-likeness (QED) is 0.624. The number of hydrogen-bond acceptors (Lipinski definition) is 3. The fourth-order valence-electron chi connectivity index (χ4n) is 1.78. The molecule has 0 N–H and O–H groups in total. The van der Waals surface area contributed by atoms with Gasteiger partial charge in [0.1, 0.15) is 0 Å². The zero-order chi connectivity index (χ0) is 9.90. The molecular weight excluding hydrogens is 168 g/mol. The van der Waals surface area contributed by atoms with E-state index < -0.39 is 5.79 Å². The van der Waals surface area contributed by atoms with Crippen molar-refractivity contribution in [1.82, 2.24) is 0 Å².